The highest BCUT2D eigenvalue weighted by Gasteiger charge is 2.47. The maximum absolute atomic E-state index is 11.8. The van der Waals surface area contributed by atoms with E-state index in [4.69, 9.17) is 9.90 Å². The maximum atomic E-state index is 11.8. The average molecular weight is 425 g/mol. The van der Waals surface area contributed by atoms with Crippen molar-refractivity contribution in [2.45, 2.75) is 49.8 Å². The van der Waals surface area contributed by atoms with E-state index in [2.05, 4.69) is 9.80 Å². The Morgan fingerprint density at radius 3 is 2.17 bits per heavy atom. The lowest BCUT2D eigenvalue weighted by molar-refractivity contribution is -0.122. The molecule has 3 aliphatic heterocycles. The van der Waals surface area contributed by atoms with Gasteiger partial charge in [0.2, 0.25) is 0 Å². The van der Waals surface area contributed by atoms with E-state index in [0.717, 1.165) is 44.6 Å². The number of hydrogen-bond acceptors (Lipinski definition) is 6. The van der Waals surface area contributed by atoms with Crippen LogP contribution in [0.1, 0.15) is 37.7 Å². The normalized spacial score (nSPS) is 31.0. The Labute approximate surface area is 173 Å². The Bertz CT molecular complexity index is 753. The van der Waals surface area contributed by atoms with Gasteiger partial charge in [0.1, 0.15) is 15.4 Å². The highest BCUT2D eigenvalue weighted by molar-refractivity contribution is 7.91. The zero-order chi connectivity index (χ0) is 20.9. The van der Waals surface area contributed by atoms with Crippen LogP contribution >= 0.6 is 0 Å². The zero-order valence-corrected chi connectivity index (χ0v) is 17.6. The molecule has 7 nitrogen and oxygen atoms in total. The molecule has 0 radical (unpaired) electrons. The summed E-state index contributed by atoms with van der Waals surface area (Å²) in [6.07, 6.45) is 4.57. The van der Waals surface area contributed by atoms with Crippen LogP contribution in [0, 0.1) is 0 Å². The Morgan fingerprint density at radius 1 is 1.00 bits per heavy atom. The summed E-state index contributed by atoms with van der Waals surface area (Å²) < 4.78 is 23.5. The molecule has 1 aromatic carbocycles. The van der Waals surface area contributed by atoms with Crippen molar-refractivity contribution < 1.29 is 23.4 Å². The van der Waals surface area contributed by atoms with Crippen molar-refractivity contribution >= 4 is 16.3 Å². The quantitative estimate of drug-likeness (QED) is 0.706. The molecule has 1 aromatic rings. The van der Waals surface area contributed by atoms with Gasteiger partial charge in [-0.3, -0.25) is 14.6 Å². The second-order valence-corrected chi connectivity index (χ2v) is 10.6. The fourth-order valence-electron chi connectivity index (χ4n) is 5.05. The van der Waals surface area contributed by atoms with Gasteiger partial charge < -0.3 is 10.2 Å². The van der Waals surface area contributed by atoms with Crippen LogP contribution in [0.5, 0.6) is 0 Å². The molecule has 2 atom stereocenters. The van der Waals surface area contributed by atoms with Crippen LogP contribution in [0.2, 0.25) is 0 Å². The fourth-order valence-corrected chi connectivity index (χ4v) is 6.52. The van der Waals surface area contributed by atoms with Gasteiger partial charge in [-0.25, -0.2) is 8.42 Å². The number of benzene rings is 1. The van der Waals surface area contributed by atoms with Gasteiger partial charge in [0.05, 0.1) is 17.5 Å². The van der Waals surface area contributed by atoms with Crippen LogP contribution in [0.15, 0.2) is 30.3 Å². The number of piperidine rings is 1. The van der Waals surface area contributed by atoms with Gasteiger partial charge in [0.25, 0.3) is 6.47 Å². The molecule has 29 heavy (non-hydrogen) atoms. The molecule has 3 heterocycles. The lowest BCUT2D eigenvalue weighted by Gasteiger charge is -2.51. The molecule has 0 spiro atoms. The SMILES string of the molecule is O=CO.O=S1(=O)CCC(N2CC[C@](O)(c3ccccc3)[C@H](N3CCCC3)C2)CC1. The lowest BCUT2D eigenvalue weighted by Crippen LogP contribution is -2.62. The van der Waals surface area contributed by atoms with Crippen molar-refractivity contribution in [2.75, 3.05) is 37.7 Å². The maximum Gasteiger partial charge on any atom is 0.290 e. The molecule has 0 amide bonds. The number of likely N-dealkylation sites (tertiary alicyclic amines) is 2. The molecule has 3 aliphatic rings. The van der Waals surface area contributed by atoms with Crippen LogP contribution in [0.3, 0.4) is 0 Å². The van der Waals surface area contributed by atoms with E-state index in [9.17, 15) is 13.5 Å². The summed E-state index contributed by atoms with van der Waals surface area (Å²) in [6.45, 7) is 3.51. The Hall–Kier alpha value is -1.48. The summed E-state index contributed by atoms with van der Waals surface area (Å²) in [4.78, 5) is 13.3. The summed E-state index contributed by atoms with van der Waals surface area (Å²) in [7, 11) is -2.84. The Kier molecular flexibility index (Phi) is 7.32. The van der Waals surface area contributed by atoms with Crippen molar-refractivity contribution in [1.29, 1.82) is 0 Å². The smallest absolute Gasteiger partial charge is 0.290 e. The minimum atomic E-state index is -2.84. The van der Waals surface area contributed by atoms with E-state index in [0.29, 0.717) is 24.0 Å². The summed E-state index contributed by atoms with van der Waals surface area (Å²) >= 11 is 0. The summed E-state index contributed by atoms with van der Waals surface area (Å²) in [5.74, 6) is 0.622. The first kappa shape index (κ1) is 22.2. The van der Waals surface area contributed by atoms with Gasteiger partial charge in [-0.2, -0.15) is 0 Å². The highest BCUT2D eigenvalue weighted by Crippen LogP contribution is 2.38. The predicted octanol–water partition coefficient (Wildman–Crippen LogP) is 1.32. The molecule has 3 saturated heterocycles. The Morgan fingerprint density at radius 2 is 1.59 bits per heavy atom. The fraction of sp³-hybridized carbons (Fsp3) is 0.667. The number of hydrogen-bond donors (Lipinski definition) is 2. The third-order valence-electron chi connectivity index (χ3n) is 6.63. The third kappa shape index (κ3) is 5.17. The largest absolute Gasteiger partial charge is 0.483 e. The molecule has 2 N–H and O–H groups in total. The zero-order valence-electron chi connectivity index (χ0n) is 16.8. The first-order valence-corrected chi connectivity index (χ1v) is 12.3. The summed E-state index contributed by atoms with van der Waals surface area (Å²) in [5.41, 5.74) is 0.200. The highest BCUT2D eigenvalue weighted by atomic mass is 32.2. The van der Waals surface area contributed by atoms with Crippen molar-refractivity contribution in [1.82, 2.24) is 9.80 Å². The van der Waals surface area contributed by atoms with Crippen molar-refractivity contribution in [2.24, 2.45) is 0 Å². The molecule has 0 bridgehead atoms. The van der Waals surface area contributed by atoms with E-state index < -0.39 is 15.4 Å². The molecule has 0 aliphatic carbocycles. The molecular weight excluding hydrogens is 392 g/mol. The molecule has 0 aromatic heterocycles. The number of rotatable bonds is 3. The summed E-state index contributed by atoms with van der Waals surface area (Å²) in [6, 6.07) is 10.5. The number of aliphatic hydroxyl groups is 1. The second-order valence-electron chi connectivity index (χ2n) is 8.28. The van der Waals surface area contributed by atoms with E-state index in [1.807, 2.05) is 30.3 Å². The number of sulfone groups is 1. The second kappa shape index (κ2) is 9.55. The van der Waals surface area contributed by atoms with Crippen molar-refractivity contribution in [3.63, 3.8) is 0 Å². The molecule has 0 unspecified atom stereocenters. The molecule has 4 rings (SSSR count). The number of nitrogens with zero attached hydrogens (tertiary/aromatic N) is 2. The number of carboxylic acid groups (broad SMARTS) is 1. The van der Waals surface area contributed by atoms with E-state index in [1.165, 1.54) is 12.8 Å². The first-order valence-electron chi connectivity index (χ1n) is 10.4. The van der Waals surface area contributed by atoms with Gasteiger partial charge >= 0.3 is 0 Å². The van der Waals surface area contributed by atoms with Gasteiger partial charge in [-0.05, 0) is 50.8 Å². The van der Waals surface area contributed by atoms with Crippen LogP contribution < -0.4 is 0 Å². The lowest BCUT2D eigenvalue weighted by atomic mass is 9.79. The van der Waals surface area contributed by atoms with E-state index >= 15 is 0 Å². The molecule has 162 valence electrons. The van der Waals surface area contributed by atoms with Crippen LogP contribution in [0.25, 0.3) is 0 Å². The topological polar surface area (TPSA) is 98.1 Å². The van der Waals surface area contributed by atoms with Gasteiger partial charge in [0, 0.05) is 19.1 Å². The summed E-state index contributed by atoms with van der Waals surface area (Å²) in [5, 5.41) is 18.6. The van der Waals surface area contributed by atoms with E-state index in [-0.39, 0.29) is 12.5 Å². The minimum Gasteiger partial charge on any atom is -0.483 e. The van der Waals surface area contributed by atoms with Crippen LogP contribution in [0.4, 0.5) is 0 Å². The Balaban J connectivity index is 0.000000755. The average Bonchev–Trinajstić information content (AvgIpc) is 3.24. The standard InChI is InChI=1S/C20H30N2O3S.CH2O2/c23-20(17-6-2-1-3-7-17)10-13-22(16-19(20)21-11-4-5-12-21)18-8-14-26(24,25)15-9-18;2-1-3/h1-3,6-7,18-19,23H,4-5,8-16H2;1H,(H,2,3)/t19-,20+;/m1./s1. The molecule has 8 heteroatoms. The predicted molar refractivity (Wildman–Crippen MR) is 111 cm³/mol. The van der Waals surface area contributed by atoms with E-state index in [1.54, 1.807) is 0 Å². The molecule has 0 saturated carbocycles. The monoisotopic (exact) mass is 424 g/mol. The van der Waals surface area contributed by atoms with Crippen molar-refractivity contribution in [3.05, 3.63) is 35.9 Å². The van der Waals surface area contributed by atoms with Crippen molar-refractivity contribution in [3.8, 4) is 0 Å². The van der Waals surface area contributed by atoms with Crippen LogP contribution in [-0.2, 0) is 20.2 Å². The van der Waals surface area contributed by atoms with Gasteiger partial charge in [-0.15, -0.1) is 0 Å². The third-order valence-corrected chi connectivity index (χ3v) is 8.35. The van der Waals surface area contributed by atoms with Gasteiger partial charge in [-0.1, -0.05) is 30.3 Å². The minimum absolute atomic E-state index is 0.0830. The molecular formula is C21H32N2O5S. The van der Waals surface area contributed by atoms with Crippen LogP contribution in [-0.4, -0.2) is 84.7 Å². The molecule has 3 fully saturated rings. The number of carbonyl (C=O) groups is 1. The first-order chi connectivity index (χ1) is 13.9. The van der Waals surface area contributed by atoms with Gasteiger partial charge in [0.15, 0.2) is 0 Å².